The van der Waals surface area contributed by atoms with Crippen LogP contribution in [0.4, 0.5) is 15.6 Å². The van der Waals surface area contributed by atoms with Gasteiger partial charge in [-0.15, -0.1) is 0 Å². The highest BCUT2D eigenvalue weighted by Gasteiger charge is 2.14. The second-order valence-corrected chi connectivity index (χ2v) is 9.05. The van der Waals surface area contributed by atoms with E-state index in [4.69, 9.17) is 21.1 Å². The van der Waals surface area contributed by atoms with Crippen molar-refractivity contribution in [3.05, 3.63) is 76.3 Å². The van der Waals surface area contributed by atoms with Gasteiger partial charge in [-0.2, -0.15) is 0 Å². The number of thiazole rings is 1. The zero-order valence-electron chi connectivity index (χ0n) is 19.3. The number of ether oxygens (including phenoxy) is 2. The number of halogens is 1. The maximum atomic E-state index is 12.8. The van der Waals surface area contributed by atoms with E-state index in [0.29, 0.717) is 38.4 Å². The number of aryl methyl sites for hydroxylation is 1. The highest BCUT2D eigenvalue weighted by molar-refractivity contribution is 7.22. The topological polar surface area (TPSA) is 102 Å². The summed E-state index contributed by atoms with van der Waals surface area (Å²) in [4.78, 5) is 29.6. The van der Waals surface area contributed by atoms with Crippen molar-refractivity contribution >= 4 is 55.9 Å². The van der Waals surface area contributed by atoms with Crippen LogP contribution in [0.2, 0.25) is 5.02 Å². The molecule has 1 aromatic heterocycles. The van der Waals surface area contributed by atoms with Gasteiger partial charge >= 0.3 is 6.03 Å². The number of aromatic nitrogens is 1. The van der Waals surface area contributed by atoms with Gasteiger partial charge in [0.25, 0.3) is 5.91 Å². The van der Waals surface area contributed by atoms with Gasteiger partial charge in [-0.1, -0.05) is 35.1 Å². The summed E-state index contributed by atoms with van der Waals surface area (Å²) < 4.78 is 11.3. The molecule has 35 heavy (non-hydrogen) atoms. The van der Waals surface area contributed by atoms with Gasteiger partial charge in [-0.3, -0.25) is 10.1 Å². The Hall–Kier alpha value is -3.82. The second kappa shape index (κ2) is 10.6. The summed E-state index contributed by atoms with van der Waals surface area (Å²) in [6.45, 7) is 2.15. The number of hydrogen-bond acceptors (Lipinski definition) is 6. The van der Waals surface area contributed by atoms with Gasteiger partial charge in [0.15, 0.2) is 5.13 Å². The molecule has 0 aliphatic carbocycles. The van der Waals surface area contributed by atoms with E-state index in [9.17, 15) is 9.59 Å². The minimum atomic E-state index is -0.405. The van der Waals surface area contributed by atoms with E-state index in [1.165, 1.54) is 11.3 Å². The number of fused-ring (bicyclic) bond motifs is 1. The van der Waals surface area contributed by atoms with Crippen molar-refractivity contribution in [3.63, 3.8) is 0 Å². The van der Waals surface area contributed by atoms with Crippen LogP contribution in [-0.4, -0.2) is 31.1 Å². The number of hydrogen-bond donors (Lipinski definition) is 3. The van der Waals surface area contributed by atoms with Gasteiger partial charge in [-0.25, -0.2) is 9.78 Å². The van der Waals surface area contributed by atoms with E-state index in [1.807, 2.05) is 31.2 Å². The molecule has 0 fully saturated rings. The van der Waals surface area contributed by atoms with Gasteiger partial charge in [0.2, 0.25) is 0 Å². The highest BCUT2D eigenvalue weighted by Crippen LogP contribution is 2.29. The molecule has 0 aliphatic heterocycles. The molecule has 3 N–H and O–H groups in total. The van der Waals surface area contributed by atoms with E-state index in [2.05, 4.69) is 20.9 Å². The first-order chi connectivity index (χ1) is 16.9. The monoisotopic (exact) mass is 510 g/mol. The summed E-state index contributed by atoms with van der Waals surface area (Å²) in [5, 5.41) is 9.28. The third kappa shape index (κ3) is 5.82. The molecule has 0 unspecified atom stereocenters. The number of carbonyl (C=O) groups is 2. The fraction of sp³-hybridized carbons (Fsp3) is 0.160. The Balaban J connectivity index is 1.42. The smallest absolute Gasteiger partial charge is 0.321 e. The van der Waals surface area contributed by atoms with Crippen molar-refractivity contribution < 1.29 is 19.1 Å². The maximum Gasteiger partial charge on any atom is 0.321 e. The minimum absolute atomic E-state index is 0.274. The number of rotatable bonds is 7. The lowest BCUT2D eigenvalue weighted by atomic mass is 10.1. The van der Waals surface area contributed by atoms with Gasteiger partial charge < -0.3 is 20.1 Å². The molecule has 4 aromatic rings. The van der Waals surface area contributed by atoms with Crippen LogP contribution in [-0.2, 0) is 6.54 Å². The fourth-order valence-electron chi connectivity index (χ4n) is 3.39. The largest absolute Gasteiger partial charge is 0.497 e. The number of benzene rings is 3. The molecule has 0 aliphatic rings. The molecule has 180 valence electrons. The molecule has 0 saturated carbocycles. The molecule has 0 bridgehead atoms. The number of methoxy groups -OCH3 is 2. The maximum absolute atomic E-state index is 12.8. The number of nitrogens with one attached hydrogen (secondary N) is 3. The fourth-order valence-corrected chi connectivity index (χ4v) is 4.56. The van der Waals surface area contributed by atoms with Crippen LogP contribution in [0.5, 0.6) is 11.5 Å². The average Bonchev–Trinajstić information content (AvgIpc) is 3.26. The minimum Gasteiger partial charge on any atom is -0.497 e. The predicted octanol–water partition coefficient (Wildman–Crippen LogP) is 5.85. The number of anilines is 2. The van der Waals surface area contributed by atoms with Crippen LogP contribution in [0, 0.1) is 6.92 Å². The zero-order chi connectivity index (χ0) is 24.9. The normalized spacial score (nSPS) is 10.6. The number of amides is 3. The van der Waals surface area contributed by atoms with Gasteiger partial charge in [0.1, 0.15) is 11.5 Å². The van der Waals surface area contributed by atoms with Crippen molar-refractivity contribution in [1.29, 1.82) is 0 Å². The predicted molar refractivity (Wildman–Crippen MR) is 139 cm³/mol. The Bertz CT molecular complexity index is 1360. The van der Waals surface area contributed by atoms with Crippen LogP contribution < -0.4 is 25.4 Å². The number of para-hydroxylation sites is 1. The van der Waals surface area contributed by atoms with Crippen LogP contribution in [0.3, 0.4) is 0 Å². The van der Waals surface area contributed by atoms with E-state index in [-0.39, 0.29) is 12.5 Å². The summed E-state index contributed by atoms with van der Waals surface area (Å²) in [6.07, 6.45) is 0. The Labute approximate surface area is 211 Å². The quantitative estimate of drug-likeness (QED) is 0.289. The summed E-state index contributed by atoms with van der Waals surface area (Å²) >= 11 is 7.50. The molecule has 10 heteroatoms. The zero-order valence-corrected chi connectivity index (χ0v) is 20.8. The number of carbonyl (C=O) groups excluding carboxylic acids is 2. The summed E-state index contributed by atoms with van der Waals surface area (Å²) in [7, 11) is 3.14. The van der Waals surface area contributed by atoms with Crippen molar-refractivity contribution in [2.45, 2.75) is 13.5 Å². The Morgan fingerprint density at radius 3 is 2.43 bits per heavy atom. The molecular weight excluding hydrogens is 488 g/mol. The molecule has 0 saturated heterocycles. The summed E-state index contributed by atoms with van der Waals surface area (Å²) in [5.41, 5.74) is 3.41. The molecular formula is C25H23ClN4O4S. The SMILES string of the molecule is COc1cc(CNC(=O)Nc2nc3ccc(C(=O)Nc4c(C)cccc4Cl)cc3s2)cc(OC)c1. The summed E-state index contributed by atoms with van der Waals surface area (Å²) in [6, 6.07) is 15.6. The van der Waals surface area contributed by atoms with E-state index in [0.717, 1.165) is 15.8 Å². The van der Waals surface area contributed by atoms with Crippen molar-refractivity contribution in [2.75, 3.05) is 24.9 Å². The van der Waals surface area contributed by atoms with Gasteiger partial charge in [-0.05, 0) is 54.4 Å². The number of urea groups is 1. The Kier molecular flexibility index (Phi) is 7.38. The van der Waals surface area contributed by atoms with E-state index < -0.39 is 6.03 Å². The third-order valence-electron chi connectivity index (χ3n) is 5.20. The van der Waals surface area contributed by atoms with Crippen molar-refractivity contribution in [3.8, 4) is 11.5 Å². The molecule has 0 radical (unpaired) electrons. The lowest BCUT2D eigenvalue weighted by Crippen LogP contribution is -2.28. The Morgan fingerprint density at radius 1 is 1.00 bits per heavy atom. The molecule has 3 aromatic carbocycles. The highest BCUT2D eigenvalue weighted by atomic mass is 35.5. The molecule has 0 spiro atoms. The van der Waals surface area contributed by atoms with Crippen LogP contribution in [0.15, 0.2) is 54.6 Å². The first-order valence-corrected chi connectivity index (χ1v) is 11.8. The second-order valence-electron chi connectivity index (χ2n) is 7.62. The van der Waals surface area contributed by atoms with Crippen molar-refractivity contribution in [1.82, 2.24) is 10.3 Å². The average molecular weight is 511 g/mol. The molecule has 3 amide bonds. The van der Waals surface area contributed by atoms with Crippen LogP contribution >= 0.6 is 22.9 Å². The first-order valence-electron chi connectivity index (χ1n) is 10.6. The van der Waals surface area contributed by atoms with E-state index in [1.54, 1.807) is 44.6 Å². The lowest BCUT2D eigenvalue weighted by molar-refractivity contribution is 0.102. The molecule has 0 atom stereocenters. The standard InChI is InChI=1S/C25H23ClN4O4S/c1-14-5-4-6-19(26)22(14)29-23(31)16-7-8-20-21(11-16)35-25(28-20)30-24(32)27-13-15-9-17(33-2)12-18(10-15)34-3/h4-12H,13H2,1-3H3,(H,29,31)(H2,27,28,30,32). The van der Waals surface area contributed by atoms with Gasteiger partial charge in [0, 0.05) is 18.2 Å². The van der Waals surface area contributed by atoms with Gasteiger partial charge in [0.05, 0.1) is 35.1 Å². The lowest BCUT2D eigenvalue weighted by Gasteiger charge is -2.10. The summed E-state index contributed by atoms with van der Waals surface area (Å²) in [5.74, 6) is 0.993. The van der Waals surface area contributed by atoms with E-state index >= 15 is 0 Å². The Morgan fingerprint density at radius 2 is 1.74 bits per heavy atom. The van der Waals surface area contributed by atoms with Crippen LogP contribution in [0.1, 0.15) is 21.5 Å². The molecule has 4 rings (SSSR count). The van der Waals surface area contributed by atoms with Crippen molar-refractivity contribution in [2.24, 2.45) is 0 Å². The van der Waals surface area contributed by atoms with Crippen LogP contribution in [0.25, 0.3) is 10.2 Å². The molecule has 8 nitrogen and oxygen atoms in total. The number of nitrogens with zero attached hydrogens (tertiary/aromatic N) is 1. The molecule has 1 heterocycles. The first kappa shape index (κ1) is 24.3. The third-order valence-corrected chi connectivity index (χ3v) is 6.44.